The summed E-state index contributed by atoms with van der Waals surface area (Å²) in [6.45, 7) is 1.70. The Balaban J connectivity index is 2.10. The van der Waals surface area contributed by atoms with Gasteiger partial charge in [0.1, 0.15) is 11.6 Å². The van der Waals surface area contributed by atoms with Crippen LogP contribution in [0.1, 0.15) is 30.4 Å². The molecule has 6 nitrogen and oxygen atoms in total. The number of benzene rings is 1. The molecular formula is C16H18ClN3O3. The van der Waals surface area contributed by atoms with E-state index in [1.54, 1.807) is 20.0 Å². The van der Waals surface area contributed by atoms with Gasteiger partial charge in [-0.15, -0.1) is 0 Å². The molecule has 7 heteroatoms. The molecule has 0 radical (unpaired) electrons. The molecular weight excluding hydrogens is 318 g/mol. The second-order valence-corrected chi connectivity index (χ2v) is 6.55. The average molecular weight is 336 g/mol. The van der Waals surface area contributed by atoms with Crippen LogP contribution >= 0.6 is 11.6 Å². The molecule has 23 heavy (non-hydrogen) atoms. The third kappa shape index (κ3) is 1.97. The zero-order valence-corrected chi connectivity index (χ0v) is 13.7. The first-order valence-electron chi connectivity index (χ1n) is 7.48. The summed E-state index contributed by atoms with van der Waals surface area (Å²) in [4.78, 5) is 15.4. The Morgan fingerprint density at radius 1 is 1.43 bits per heavy atom. The quantitative estimate of drug-likeness (QED) is 0.821. The second-order valence-electron chi connectivity index (χ2n) is 6.17. The molecule has 1 aromatic rings. The number of nitrogens with zero attached hydrogens (tertiary/aromatic N) is 3. The molecule has 0 aromatic heterocycles. The lowest BCUT2D eigenvalue weighted by atomic mass is 9.92. The van der Waals surface area contributed by atoms with Crippen molar-refractivity contribution in [1.29, 1.82) is 5.26 Å². The van der Waals surface area contributed by atoms with E-state index >= 15 is 0 Å². The van der Waals surface area contributed by atoms with Crippen molar-refractivity contribution in [2.24, 2.45) is 0 Å². The molecule has 2 N–H and O–H groups in total. The largest absolute Gasteiger partial charge is 0.390 e. The van der Waals surface area contributed by atoms with Gasteiger partial charge >= 0.3 is 6.03 Å². The van der Waals surface area contributed by atoms with E-state index in [0.29, 0.717) is 29.7 Å². The van der Waals surface area contributed by atoms with E-state index in [1.807, 2.05) is 6.07 Å². The molecule has 3 rings (SSSR count). The lowest BCUT2D eigenvalue weighted by molar-refractivity contribution is -0.0310. The maximum absolute atomic E-state index is 12.7. The third-order valence-electron chi connectivity index (χ3n) is 5.18. The van der Waals surface area contributed by atoms with Crippen molar-refractivity contribution in [2.75, 3.05) is 11.9 Å². The summed E-state index contributed by atoms with van der Waals surface area (Å²) in [6.07, 6.45) is -0.102. The van der Waals surface area contributed by atoms with Crippen LogP contribution < -0.4 is 4.90 Å². The molecule has 3 atom stereocenters. The van der Waals surface area contributed by atoms with Gasteiger partial charge in [-0.2, -0.15) is 5.26 Å². The van der Waals surface area contributed by atoms with Gasteiger partial charge in [-0.1, -0.05) is 11.6 Å². The highest BCUT2D eigenvalue weighted by atomic mass is 35.5. The fourth-order valence-corrected chi connectivity index (χ4v) is 3.99. The average Bonchev–Trinajstić information content (AvgIpc) is 3.00. The molecule has 1 aliphatic carbocycles. The maximum atomic E-state index is 12.7. The van der Waals surface area contributed by atoms with Crippen molar-refractivity contribution in [3.8, 4) is 6.07 Å². The minimum absolute atomic E-state index is 0.264. The maximum Gasteiger partial charge on any atom is 0.327 e. The number of likely N-dealkylation sites (N-methyl/N-ethyl adjacent to an activating group) is 1. The summed E-state index contributed by atoms with van der Waals surface area (Å²) in [6, 6.07) is 4.74. The molecule has 2 amide bonds. The molecule has 1 aliphatic heterocycles. The van der Waals surface area contributed by atoms with Crippen molar-refractivity contribution < 1.29 is 15.0 Å². The molecule has 1 spiro atoms. The van der Waals surface area contributed by atoms with E-state index in [4.69, 9.17) is 16.9 Å². The number of nitriles is 1. The lowest BCUT2D eigenvalue weighted by Crippen LogP contribution is -2.56. The Kier molecular flexibility index (Phi) is 3.75. The van der Waals surface area contributed by atoms with Gasteiger partial charge in [-0.3, -0.25) is 4.90 Å². The Bertz CT molecular complexity index is 717. The van der Waals surface area contributed by atoms with Gasteiger partial charge in [-0.25, -0.2) is 4.79 Å². The molecule has 1 heterocycles. The Labute approximate surface area is 139 Å². The first-order chi connectivity index (χ1) is 10.9. The number of hydrogen-bond donors (Lipinski definition) is 2. The molecule has 1 aromatic carbocycles. The van der Waals surface area contributed by atoms with Gasteiger partial charge in [0.15, 0.2) is 6.23 Å². The van der Waals surface area contributed by atoms with Crippen LogP contribution in [0.2, 0.25) is 5.02 Å². The van der Waals surface area contributed by atoms with Crippen LogP contribution in [0.25, 0.3) is 0 Å². The second kappa shape index (κ2) is 5.38. The van der Waals surface area contributed by atoms with Crippen LogP contribution in [0.3, 0.4) is 0 Å². The topological polar surface area (TPSA) is 87.8 Å². The number of carbonyl (C=O) groups excluding carboxylic acids is 1. The highest BCUT2D eigenvalue weighted by molar-refractivity contribution is 6.33. The Morgan fingerprint density at radius 2 is 2.13 bits per heavy atom. The summed E-state index contributed by atoms with van der Waals surface area (Å²) in [7, 11) is 1.60. The van der Waals surface area contributed by atoms with E-state index in [2.05, 4.69) is 0 Å². The summed E-state index contributed by atoms with van der Waals surface area (Å²) >= 11 is 6.18. The number of hydrogen-bond acceptors (Lipinski definition) is 4. The fraction of sp³-hybridized carbons (Fsp3) is 0.500. The number of aliphatic hydroxyl groups excluding tert-OH is 2. The third-order valence-corrected chi connectivity index (χ3v) is 5.67. The SMILES string of the molecule is Cc1c(N2C(=O)N(C)[C@]3(CCC[C@@H]3O)[C@H]2O)ccc(C#N)c1Cl. The van der Waals surface area contributed by atoms with Crippen LogP contribution in [-0.2, 0) is 0 Å². The lowest BCUT2D eigenvalue weighted by Gasteiger charge is -2.36. The van der Waals surface area contributed by atoms with Gasteiger partial charge < -0.3 is 15.1 Å². The predicted octanol–water partition coefficient (Wildman–Crippen LogP) is 1.99. The molecule has 2 aliphatic rings. The predicted molar refractivity (Wildman–Crippen MR) is 85.1 cm³/mol. The number of aliphatic hydroxyl groups is 2. The Morgan fingerprint density at radius 3 is 2.70 bits per heavy atom. The van der Waals surface area contributed by atoms with E-state index in [9.17, 15) is 15.0 Å². The van der Waals surface area contributed by atoms with Crippen LogP contribution in [0.5, 0.6) is 0 Å². The Hall–Kier alpha value is -1.81. The summed E-state index contributed by atoms with van der Waals surface area (Å²) < 4.78 is 0. The van der Waals surface area contributed by atoms with E-state index in [0.717, 1.165) is 6.42 Å². The number of rotatable bonds is 1. The van der Waals surface area contributed by atoms with Gasteiger partial charge in [0.2, 0.25) is 0 Å². The van der Waals surface area contributed by atoms with Crippen LogP contribution in [0, 0.1) is 18.3 Å². The monoisotopic (exact) mass is 335 g/mol. The minimum atomic E-state index is -1.17. The van der Waals surface area contributed by atoms with E-state index in [1.165, 1.54) is 15.9 Å². The molecule has 1 saturated carbocycles. The van der Waals surface area contributed by atoms with E-state index < -0.39 is 17.9 Å². The molecule has 0 unspecified atom stereocenters. The van der Waals surface area contributed by atoms with Gasteiger partial charge in [0.05, 0.1) is 22.4 Å². The molecule has 1 saturated heterocycles. The molecule has 0 bridgehead atoms. The van der Waals surface area contributed by atoms with Crippen molar-refractivity contribution >= 4 is 23.3 Å². The number of anilines is 1. The van der Waals surface area contributed by atoms with Crippen LogP contribution in [0.4, 0.5) is 10.5 Å². The smallest absolute Gasteiger partial charge is 0.327 e. The summed E-state index contributed by atoms with van der Waals surface area (Å²) in [5.74, 6) is 0. The highest BCUT2D eigenvalue weighted by Crippen LogP contribution is 2.46. The molecule has 2 fully saturated rings. The first-order valence-corrected chi connectivity index (χ1v) is 7.86. The number of urea groups is 1. The van der Waals surface area contributed by atoms with Crippen molar-refractivity contribution in [3.63, 3.8) is 0 Å². The van der Waals surface area contributed by atoms with Gasteiger partial charge in [0, 0.05) is 7.05 Å². The van der Waals surface area contributed by atoms with Gasteiger partial charge in [-0.05, 0) is 43.9 Å². The number of halogens is 1. The summed E-state index contributed by atoms with van der Waals surface area (Å²) in [5.41, 5.74) is 0.326. The minimum Gasteiger partial charge on any atom is -0.390 e. The standard InChI is InChI=1S/C16H18ClN3O3/c1-9-11(6-5-10(8-18)13(9)17)20-14(22)16(19(2)15(20)23)7-3-4-12(16)21/h5-6,12,14,21-22H,3-4,7H2,1-2H3/t12-,14+,16-/m0/s1. The van der Waals surface area contributed by atoms with Crippen LogP contribution in [-0.4, -0.2) is 46.1 Å². The van der Waals surface area contributed by atoms with Crippen molar-refractivity contribution in [3.05, 3.63) is 28.3 Å². The zero-order valence-electron chi connectivity index (χ0n) is 13.0. The number of amides is 2. The fourth-order valence-electron chi connectivity index (χ4n) is 3.79. The van der Waals surface area contributed by atoms with Crippen LogP contribution in [0.15, 0.2) is 12.1 Å². The first kappa shape index (κ1) is 16.1. The molecule has 122 valence electrons. The summed E-state index contributed by atoms with van der Waals surface area (Å²) in [5, 5.41) is 30.5. The zero-order chi connectivity index (χ0) is 16.9. The van der Waals surface area contributed by atoms with Crippen molar-refractivity contribution in [1.82, 2.24) is 4.90 Å². The normalized spacial score (nSPS) is 30.3. The van der Waals surface area contributed by atoms with Gasteiger partial charge in [0.25, 0.3) is 0 Å². The van der Waals surface area contributed by atoms with E-state index in [-0.39, 0.29) is 11.1 Å². The number of carbonyl (C=O) groups is 1. The highest BCUT2D eigenvalue weighted by Gasteiger charge is 2.61. The van der Waals surface area contributed by atoms with Crippen molar-refractivity contribution in [2.45, 2.75) is 44.1 Å².